The Morgan fingerprint density at radius 1 is 1.29 bits per heavy atom. The highest BCUT2D eigenvalue weighted by Crippen LogP contribution is 2.29. The summed E-state index contributed by atoms with van der Waals surface area (Å²) >= 11 is 0. The van der Waals surface area contributed by atoms with Crippen molar-refractivity contribution < 1.29 is 13.2 Å². The predicted molar refractivity (Wildman–Crippen MR) is 51.6 cm³/mol. The Bertz CT molecular complexity index is 278. The van der Waals surface area contributed by atoms with Crippen molar-refractivity contribution in [3.05, 3.63) is 29.6 Å². The molecule has 0 amide bonds. The number of nitrogens with zero attached hydrogens (tertiary/aromatic N) is 1. The molecule has 0 aliphatic heterocycles. The molecule has 1 heterocycles. The van der Waals surface area contributed by atoms with Crippen LogP contribution in [0, 0.1) is 0 Å². The first kappa shape index (κ1) is 15.9. The van der Waals surface area contributed by atoms with Gasteiger partial charge in [0.2, 0.25) is 0 Å². The second-order valence-electron chi connectivity index (χ2n) is 2.21. The highest BCUT2D eigenvalue weighted by molar-refractivity contribution is 5.85. The lowest BCUT2D eigenvalue weighted by Crippen LogP contribution is -2.13. The summed E-state index contributed by atoms with van der Waals surface area (Å²) in [5.74, 6) is 0. The van der Waals surface area contributed by atoms with Crippen molar-refractivity contribution in [2.24, 2.45) is 5.73 Å². The average molecular weight is 249 g/mol. The number of alkyl halides is 3. The molecule has 0 radical (unpaired) electrons. The van der Waals surface area contributed by atoms with Gasteiger partial charge in [-0.05, 0) is 11.6 Å². The normalized spacial score (nSPS) is 10.0. The van der Waals surface area contributed by atoms with E-state index in [1.807, 2.05) is 0 Å². The van der Waals surface area contributed by atoms with Gasteiger partial charge in [0.1, 0.15) is 5.69 Å². The Hall–Kier alpha value is -0.520. The van der Waals surface area contributed by atoms with Gasteiger partial charge in [0.05, 0.1) is 0 Å². The number of hydrogen-bond donors (Lipinski definition) is 1. The molecule has 2 N–H and O–H groups in total. The van der Waals surface area contributed by atoms with Crippen molar-refractivity contribution in [2.75, 3.05) is 0 Å². The number of hydrogen-bond acceptors (Lipinski definition) is 2. The van der Waals surface area contributed by atoms with Crippen LogP contribution in [-0.2, 0) is 12.7 Å². The predicted octanol–water partition coefficient (Wildman–Crippen LogP) is 2.40. The molecule has 1 aromatic rings. The van der Waals surface area contributed by atoms with Gasteiger partial charge in [0.15, 0.2) is 0 Å². The molecule has 7 heteroatoms. The Morgan fingerprint density at radius 3 is 2.21 bits per heavy atom. The summed E-state index contributed by atoms with van der Waals surface area (Å²) in [6.07, 6.45) is -3.31. The van der Waals surface area contributed by atoms with Gasteiger partial charge in [0, 0.05) is 12.7 Å². The number of nitrogens with two attached hydrogens (primary N) is 1. The van der Waals surface area contributed by atoms with E-state index in [-0.39, 0.29) is 36.9 Å². The van der Waals surface area contributed by atoms with E-state index in [2.05, 4.69) is 4.98 Å². The summed E-state index contributed by atoms with van der Waals surface area (Å²) in [4.78, 5) is 3.22. The van der Waals surface area contributed by atoms with Gasteiger partial charge in [-0.25, -0.2) is 0 Å². The molecule has 0 unspecified atom stereocenters. The summed E-state index contributed by atoms with van der Waals surface area (Å²) in [7, 11) is 0. The minimum Gasteiger partial charge on any atom is -0.326 e. The fourth-order valence-electron chi connectivity index (χ4n) is 0.859. The van der Waals surface area contributed by atoms with Crippen LogP contribution in [0.2, 0.25) is 0 Å². The van der Waals surface area contributed by atoms with Gasteiger partial charge in [-0.15, -0.1) is 24.8 Å². The summed E-state index contributed by atoms with van der Waals surface area (Å²) in [5.41, 5.74) is 4.23. The van der Waals surface area contributed by atoms with E-state index in [0.717, 1.165) is 6.20 Å². The third-order valence-corrected chi connectivity index (χ3v) is 1.38. The lowest BCUT2D eigenvalue weighted by Gasteiger charge is -2.08. The molecule has 0 fully saturated rings. The summed E-state index contributed by atoms with van der Waals surface area (Å²) in [5, 5.41) is 0. The molecule has 1 rings (SSSR count). The Labute approximate surface area is 91.5 Å². The van der Waals surface area contributed by atoms with Crippen LogP contribution in [0.4, 0.5) is 13.2 Å². The van der Waals surface area contributed by atoms with Gasteiger partial charge in [-0.3, -0.25) is 4.98 Å². The smallest absolute Gasteiger partial charge is 0.326 e. The maximum Gasteiger partial charge on any atom is 0.433 e. The lowest BCUT2D eigenvalue weighted by molar-refractivity contribution is -0.141. The third-order valence-electron chi connectivity index (χ3n) is 1.38. The van der Waals surface area contributed by atoms with Gasteiger partial charge in [0.25, 0.3) is 0 Å². The summed E-state index contributed by atoms with van der Waals surface area (Å²) < 4.78 is 36.4. The van der Waals surface area contributed by atoms with Crippen molar-refractivity contribution in [2.45, 2.75) is 12.7 Å². The molecule has 0 aliphatic rings. The molecular weight excluding hydrogens is 240 g/mol. The Kier molecular flexibility index (Phi) is 6.89. The third kappa shape index (κ3) is 3.69. The molecule has 0 bridgehead atoms. The summed E-state index contributed by atoms with van der Waals surface area (Å²) in [6, 6.07) is 2.74. The van der Waals surface area contributed by atoms with E-state index in [1.54, 1.807) is 0 Å². The number of halogens is 5. The first-order valence-corrected chi connectivity index (χ1v) is 3.27. The second-order valence-corrected chi connectivity index (χ2v) is 2.21. The van der Waals surface area contributed by atoms with Crippen molar-refractivity contribution in [3.8, 4) is 0 Å². The number of pyridine rings is 1. The molecule has 0 aromatic carbocycles. The standard InChI is InChI=1S/C7H7F3N2.2ClH/c8-7(9,10)6-5(4-11)2-1-3-12-6;;/h1-3H,4,11H2;2*1H. The van der Waals surface area contributed by atoms with Gasteiger partial charge in [-0.1, -0.05) is 6.07 Å². The lowest BCUT2D eigenvalue weighted by atomic mass is 10.2. The first-order valence-electron chi connectivity index (χ1n) is 3.27. The van der Waals surface area contributed by atoms with Crippen LogP contribution in [0.5, 0.6) is 0 Å². The number of rotatable bonds is 1. The van der Waals surface area contributed by atoms with Crippen molar-refractivity contribution >= 4 is 24.8 Å². The monoisotopic (exact) mass is 248 g/mol. The highest BCUT2D eigenvalue weighted by atomic mass is 35.5. The zero-order valence-corrected chi connectivity index (χ0v) is 8.55. The first-order chi connectivity index (χ1) is 5.55. The molecule has 0 spiro atoms. The summed E-state index contributed by atoms with van der Waals surface area (Å²) in [6.45, 7) is -0.150. The van der Waals surface area contributed by atoms with E-state index in [9.17, 15) is 13.2 Å². The zero-order chi connectivity index (χ0) is 9.19. The molecule has 82 valence electrons. The Morgan fingerprint density at radius 2 is 1.86 bits per heavy atom. The zero-order valence-electron chi connectivity index (χ0n) is 6.91. The van der Waals surface area contributed by atoms with Crippen LogP contribution in [0.15, 0.2) is 18.3 Å². The van der Waals surface area contributed by atoms with E-state index >= 15 is 0 Å². The van der Waals surface area contributed by atoms with Crippen molar-refractivity contribution in [3.63, 3.8) is 0 Å². The topological polar surface area (TPSA) is 38.9 Å². The maximum atomic E-state index is 12.1. The quantitative estimate of drug-likeness (QED) is 0.829. The van der Waals surface area contributed by atoms with E-state index in [4.69, 9.17) is 5.73 Å². The molecule has 0 saturated carbocycles. The van der Waals surface area contributed by atoms with Crippen molar-refractivity contribution in [1.29, 1.82) is 0 Å². The molecule has 1 aromatic heterocycles. The van der Waals surface area contributed by atoms with E-state index < -0.39 is 11.9 Å². The highest BCUT2D eigenvalue weighted by Gasteiger charge is 2.34. The fraction of sp³-hybridized carbons (Fsp3) is 0.286. The second kappa shape index (κ2) is 6.06. The van der Waals surface area contributed by atoms with E-state index in [0.29, 0.717) is 0 Å². The van der Waals surface area contributed by atoms with Crippen LogP contribution >= 0.6 is 24.8 Å². The molecule has 2 nitrogen and oxygen atoms in total. The molecule has 0 atom stereocenters. The van der Waals surface area contributed by atoms with Crippen LogP contribution < -0.4 is 5.73 Å². The molecule has 0 aliphatic carbocycles. The van der Waals surface area contributed by atoms with Gasteiger partial charge >= 0.3 is 6.18 Å². The largest absolute Gasteiger partial charge is 0.433 e. The molecule has 0 saturated heterocycles. The molecule has 14 heavy (non-hydrogen) atoms. The maximum absolute atomic E-state index is 12.1. The average Bonchev–Trinajstić information content (AvgIpc) is 2.03. The van der Waals surface area contributed by atoms with Crippen LogP contribution in [0.1, 0.15) is 11.3 Å². The van der Waals surface area contributed by atoms with Gasteiger partial charge < -0.3 is 5.73 Å². The van der Waals surface area contributed by atoms with Crippen LogP contribution in [0.25, 0.3) is 0 Å². The minimum absolute atomic E-state index is 0. The van der Waals surface area contributed by atoms with Crippen LogP contribution in [0.3, 0.4) is 0 Å². The fourth-order valence-corrected chi connectivity index (χ4v) is 0.859. The van der Waals surface area contributed by atoms with E-state index in [1.165, 1.54) is 12.1 Å². The SMILES string of the molecule is Cl.Cl.NCc1cccnc1C(F)(F)F. The molecular formula is C7H9Cl2F3N2. The number of aromatic nitrogens is 1. The van der Waals surface area contributed by atoms with Crippen LogP contribution in [-0.4, -0.2) is 4.98 Å². The van der Waals surface area contributed by atoms with Gasteiger partial charge in [-0.2, -0.15) is 13.2 Å². The minimum atomic E-state index is -4.41. The van der Waals surface area contributed by atoms with Crippen molar-refractivity contribution in [1.82, 2.24) is 4.98 Å². The Balaban J connectivity index is 0.